The van der Waals surface area contributed by atoms with Crippen molar-refractivity contribution in [1.82, 2.24) is 61.5 Å². The van der Waals surface area contributed by atoms with Crippen molar-refractivity contribution < 1.29 is 0 Å². The lowest BCUT2D eigenvalue weighted by molar-refractivity contribution is 0.741. The maximum absolute atomic E-state index is 6.20. The number of allylic oxidation sites excluding steroid dienone is 2. The molecule has 17 aromatic carbocycles. The van der Waals surface area contributed by atoms with Crippen LogP contribution < -0.4 is 51.8 Å². The summed E-state index contributed by atoms with van der Waals surface area (Å²) in [5.74, 6) is 5.03. The number of guanidine groups is 1. The molecule has 11 heterocycles. The van der Waals surface area contributed by atoms with E-state index in [9.17, 15) is 0 Å². The second-order valence-corrected chi connectivity index (χ2v) is 43.3. The molecule has 16 nitrogen and oxygen atoms in total. The van der Waals surface area contributed by atoms with Gasteiger partial charge in [-0.1, -0.05) is 322 Å². The number of nitrogens with zero attached hydrogens (tertiary/aromatic N) is 16. The van der Waals surface area contributed by atoms with Gasteiger partial charge in [-0.15, -0.1) is 0 Å². The molecule has 29 rings (SSSR count). The second kappa shape index (κ2) is 29.8. The molecule has 0 radical (unpaired) electrons. The fourth-order valence-corrected chi connectivity index (χ4v) is 31.8. The first-order chi connectivity index (χ1) is 68.0. The zero-order valence-electron chi connectivity index (χ0n) is 73.7. The Morgan fingerprint density at radius 2 is 0.569 bits per heavy atom. The van der Waals surface area contributed by atoms with Gasteiger partial charge in [-0.3, -0.25) is 27.4 Å². The van der Waals surface area contributed by atoms with Crippen LogP contribution in [0.2, 0.25) is 0 Å². The largest absolute Gasteiger partial charge is 0.309 e. The van der Waals surface area contributed by atoms with Crippen molar-refractivity contribution in [3.05, 3.63) is 461 Å². The maximum Gasteiger partial charge on any atom is 0.226 e. The normalized spacial score (nSPS) is 14.4. The van der Waals surface area contributed by atoms with E-state index in [0.29, 0.717) is 34.5 Å². The molecule has 137 heavy (non-hydrogen) atoms. The van der Waals surface area contributed by atoms with Crippen LogP contribution in [0.1, 0.15) is 0 Å². The topological polar surface area (TPSA) is 130 Å². The Labute approximate surface area is 786 Å². The molecule has 2 aliphatic heterocycles. The van der Waals surface area contributed by atoms with E-state index in [4.69, 9.17) is 34.9 Å². The number of fused-ring (bicyclic) bond motifs is 24. The molecular weight excluding hydrogens is 1710 g/mol. The Morgan fingerprint density at radius 3 is 1.06 bits per heavy atom. The van der Waals surface area contributed by atoms with Gasteiger partial charge in [0.25, 0.3) is 0 Å². The van der Waals surface area contributed by atoms with Gasteiger partial charge in [0.05, 0.1) is 101 Å². The summed E-state index contributed by atoms with van der Waals surface area (Å²) in [6, 6.07) is 159. The number of benzene rings is 17. The zero-order chi connectivity index (χ0) is 89.7. The molecule has 9 aromatic heterocycles. The van der Waals surface area contributed by atoms with Crippen LogP contribution in [0, 0.1) is 0 Å². The smallest absolute Gasteiger partial charge is 0.226 e. The number of para-hydroxylation sites is 13. The van der Waals surface area contributed by atoms with Gasteiger partial charge in [-0.25, -0.2) is 34.9 Å². The number of hydrogen-bond acceptors (Lipinski definition) is 9. The average Bonchev–Trinajstić information content (AvgIpc) is 1.62. The molecule has 0 bridgehead atoms. The standard InChI is InChI=1S/C119H78N16Si2/c1-5-33-81(34-6-1)136(82-35-7-2-8-36-82,85-67-63-79(64-68-85)127-96-48-20-13-41-87(96)88-42-14-21-49-97(88)127)115-123-111(75-112(124-115)133-108-58-30-27-55-105(108)130-102-53-25-18-46-93(102)120-117(130)133)129-100-52-24-17-45-91(100)92-73-77(61-71-101(92)129)78-62-72-104-95(74-78)122-119-132(104)107-57-29-32-60-110(107)135(119)114-76-113(134-109-59-31-28-56-106(109)131-103-54-26-19-47-94(103)121-118(131)134)125-116(126-114)137(83-37-9-3-10-38-83,84-39-11-4-12-40-84)86-69-65-80(66-70-86)128-98-50-22-15-43-89(98)90-44-16-23-51-99(90)128/h1-76,94,103H. The lowest BCUT2D eigenvalue weighted by atomic mass is 10.0. The number of imidazole rings is 4. The molecule has 2 atom stereocenters. The summed E-state index contributed by atoms with van der Waals surface area (Å²) < 4.78 is 16.3. The first-order valence-corrected chi connectivity index (χ1v) is 50.6. The number of aliphatic imine (C=N–C) groups is 1. The summed E-state index contributed by atoms with van der Waals surface area (Å²) in [5.41, 5.74) is 21.8. The van der Waals surface area contributed by atoms with E-state index in [1.54, 1.807) is 0 Å². The molecule has 26 aromatic rings. The van der Waals surface area contributed by atoms with E-state index in [2.05, 4.69) is 503 Å². The van der Waals surface area contributed by atoms with Crippen LogP contribution in [-0.2, 0) is 0 Å². The summed E-state index contributed by atoms with van der Waals surface area (Å²) in [6.45, 7) is 0. The second-order valence-electron chi connectivity index (χ2n) is 35.9. The minimum Gasteiger partial charge on any atom is -0.309 e. The molecule has 642 valence electrons. The van der Waals surface area contributed by atoms with E-state index >= 15 is 0 Å². The summed E-state index contributed by atoms with van der Waals surface area (Å²) in [6.07, 6.45) is 8.75. The van der Waals surface area contributed by atoms with Gasteiger partial charge in [-0.2, -0.15) is 0 Å². The molecule has 0 saturated heterocycles. The molecule has 3 aliphatic rings. The van der Waals surface area contributed by atoms with Gasteiger partial charge >= 0.3 is 0 Å². The van der Waals surface area contributed by atoms with E-state index in [1.807, 2.05) is 0 Å². The Bertz CT molecular complexity index is 9420. The highest BCUT2D eigenvalue weighted by molar-refractivity contribution is 7.20. The summed E-state index contributed by atoms with van der Waals surface area (Å²) in [5, 5.41) is 13.8. The molecule has 0 N–H and O–H groups in total. The third kappa shape index (κ3) is 11.1. The van der Waals surface area contributed by atoms with Crippen molar-refractivity contribution in [1.29, 1.82) is 0 Å². The van der Waals surface area contributed by atoms with Crippen molar-refractivity contribution in [2.24, 2.45) is 4.99 Å². The van der Waals surface area contributed by atoms with Crippen LogP contribution in [0.25, 0.3) is 161 Å². The molecule has 2 unspecified atom stereocenters. The average molecular weight is 1790 g/mol. The van der Waals surface area contributed by atoms with Crippen LogP contribution in [0.4, 0.5) is 17.2 Å². The molecule has 1 aliphatic carbocycles. The van der Waals surface area contributed by atoms with Crippen molar-refractivity contribution in [3.8, 4) is 40.0 Å². The lowest BCUT2D eigenvalue weighted by Crippen LogP contribution is -2.76. The molecule has 18 heteroatoms. The Kier molecular flexibility index (Phi) is 16.7. The molecular formula is C119H78N16Si2. The number of anilines is 3. The van der Waals surface area contributed by atoms with Crippen LogP contribution in [0.3, 0.4) is 0 Å². The van der Waals surface area contributed by atoms with Gasteiger partial charge in [0.2, 0.25) is 33.7 Å². The van der Waals surface area contributed by atoms with Crippen molar-refractivity contribution in [3.63, 3.8) is 0 Å². The highest BCUT2D eigenvalue weighted by atomic mass is 28.3. The number of rotatable bonds is 15. The summed E-state index contributed by atoms with van der Waals surface area (Å²) >= 11 is 0. The summed E-state index contributed by atoms with van der Waals surface area (Å²) in [4.78, 5) is 46.4. The predicted molar refractivity (Wildman–Crippen MR) is 564 cm³/mol. The number of hydrogen-bond donors (Lipinski definition) is 0. The fourth-order valence-electron chi connectivity index (χ4n) is 23.0. The maximum atomic E-state index is 6.20. The minimum absolute atomic E-state index is 0.0268. The molecule has 0 amide bonds. The third-order valence-electron chi connectivity index (χ3n) is 28.8. The zero-order valence-corrected chi connectivity index (χ0v) is 75.7. The molecule has 0 fully saturated rings. The predicted octanol–water partition coefficient (Wildman–Crippen LogP) is 20.7. The van der Waals surface area contributed by atoms with Gasteiger partial charge < -0.3 is 14.0 Å². The highest BCUT2D eigenvalue weighted by Gasteiger charge is 2.50. The van der Waals surface area contributed by atoms with Crippen LogP contribution in [0.5, 0.6) is 0 Å². The fraction of sp³-hybridized carbons (Fsp3) is 0.0168. The lowest BCUT2D eigenvalue weighted by Gasteiger charge is -2.33. The Balaban J connectivity index is 0.627. The van der Waals surface area contributed by atoms with Gasteiger partial charge in [0.1, 0.15) is 34.2 Å². The van der Waals surface area contributed by atoms with Gasteiger partial charge in [-0.05, 0) is 170 Å². The van der Waals surface area contributed by atoms with Crippen LogP contribution in [-0.4, -0.2) is 95.7 Å². The SMILES string of the molecule is C1=CC2N=C3N(c4cc(-n5c6ccccc6n6c7ccc(-c8ccc9c(c8)c8ccccc8n9-c8cc(-n9c%10ccccc%10n%10c%11ccccc%11nc9%10)nc([Si](c9ccccc9)(c9ccccc9)c9ccc(-n%10c%11ccccc%11c%11ccccc%11%10)cc9)n8)cc7nc56)nc([Si](c5ccccc5)(c5ccccc5)c5ccc(-n6c7ccccc7c7ccccc76)cc5)n4)c4ccccc4N3C2C=C1. The Hall–Kier alpha value is -18.0. The van der Waals surface area contributed by atoms with E-state index in [-0.39, 0.29) is 12.1 Å². The minimum atomic E-state index is -3.66. The van der Waals surface area contributed by atoms with E-state index in [0.717, 1.165) is 170 Å². The van der Waals surface area contributed by atoms with Crippen LogP contribution in [0.15, 0.2) is 466 Å². The summed E-state index contributed by atoms with van der Waals surface area (Å²) in [7, 11) is -7.30. The Morgan fingerprint density at radius 1 is 0.226 bits per heavy atom. The van der Waals surface area contributed by atoms with Crippen molar-refractivity contribution in [2.45, 2.75) is 12.1 Å². The van der Waals surface area contributed by atoms with Gasteiger partial charge in [0, 0.05) is 55.8 Å². The number of aromatic nitrogens is 13. The molecule has 0 spiro atoms. The van der Waals surface area contributed by atoms with Crippen LogP contribution >= 0.6 is 0 Å². The van der Waals surface area contributed by atoms with Crippen molar-refractivity contribution >= 4 is 202 Å². The first-order valence-electron chi connectivity index (χ1n) is 46.6. The quantitative estimate of drug-likeness (QED) is 0.0733. The van der Waals surface area contributed by atoms with Gasteiger partial charge in [0.15, 0.2) is 0 Å². The van der Waals surface area contributed by atoms with Crippen molar-refractivity contribution in [2.75, 3.05) is 9.80 Å². The monoisotopic (exact) mass is 1790 g/mol. The third-order valence-corrected chi connectivity index (χ3v) is 37.8. The van der Waals surface area contributed by atoms with E-state index in [1.165, 1.54) is 21.5 Å². The highest BCUT2D eigenvalue weighted by Crippen LogP contribution is 2.48. The molecule has 0 saturated carbocycles. The first kappa shape index (κ1) is 76.7. The van der Waals surface area contributed by atoms with E-state index < -0.39 is 16.1 Å².